The third kappa shape index (κ3) is 2.84. The Hall–Kier alpha value is -1.45. The van der Waals surface area contributed by atoms with Crippen molar-refractivity contribution in [2.24, 2.45) is 7.05 Å². The maximum Gasteiger partial charge on any atom is 0.202 e. The molecule has 1 heterocycles. The summed E-state index contributed by atoms with van der Waals surface area (Å²) in [6.45, 7) is 3.77. The second kappa shape index (κ2) is 5.90. The number of halogens is 2. The molecule has 2 aromatic rings. The van der Waals surface area contributed by atoms with E-state index in [1.165, 1.54) is 0 Å². The van der Waals surface area contributed by atoms with E-state index in [0.717, 1.165) is 11.4 Å². The average molecular weight is 312 g/mol. The first kappa shape index (κ1) is 14.9. The average Bonchev–Trinajstić information content (AvgIpc) is 2.66. The summed E-state index contributed by atoms with van der Waals surface area (Å²) in [5.74, 6) is 0.247. The Morgan fingerprint density at radius 3 is 2.35 bits per heavy atom. The Bertz CT molecular complexity index is 642. The van der Waals surface area contributed by atoms with Gasteiger partial charge in [-0.2, -0.15) is 0 Å². The van der Waals surface area contributed by atoms with Crippen molar-refractivity contribution in [3.8, 4) is 5.75 Å². The quantitative estimate of drug-likeness (QED) is 0.792. The number of rotatable bonds is 4. The van der Waals surface area contributed by atoms with E-state index in [2.05, 4.69) is 0 Å². The molecule has 0 aliphatic heterocycles. The van der Waals surface area contributed by atoms with Crippen molar-refractivity contribution in [1.82, 2.24) is 4.57 Å². The maximum absolute atomic E-state index is 12.2. The number of aryl methyl sites for hydroxylation is 1. The van der Waals surface area contributed by atoms with Crippen molar-refractivity contribution in [2.45, 2.75) is 13.8 Å². The molecule has 0 atom stereocenters. The fraction of sp³-hybridized carbons (Fsp3) is 0.267. The summed E-state index contributed by atoms with van der Waals surface area (Å²) in [5.41, 5.74) is 2.61. The highest BCUT2D eigenvalue weighted by Gasteiger charge is 2.16. The molecular weight excluding hydrogens is 297 g/mol. The monoisotopic (exact) mass is 311 g/mol. The van der Waals surface area contributed by atoms with Crippen LogP contribution in [-0.4, -0.2) is 17.0 Å². The van der Waals surface area contributed by atoms with Crippen molar-refractivity contribution >= 4 is 29.0 Å². The first-order valence-corrected chi connectivity index (χ1v) is 6.90. The Kier molecular flexibility index (Phi) is 4.41. The summed E-state index contributed by atoms with van der Waals surface area (Å²) >= 11 is 12.0. The minimum absolute atomic E-state index is 0.0895. The largest absolute Gasteiger partial charge is 0.482 e. The standard InChI is InChI=1S/C15H15Cl2NO2/c1-9-7-11(10(2)18(9)3)14(19)8-20-15-12(16)5-4-6-13(15)17/h4-7H,8H2,1-3H3. The number of para-hydroxylation sites is 1. The van der Waals surface area contributed by atoms with Crippen LogP contribution in [0.25, 0.3) is 0 Å². The van der Waals surface area contributed by atoms with Gasteiger partial charge in [-0.1, -0.05) is 29.3 Å². The van der Waals surface area contributed by atoms with Gasteiger partial charge in [0.25, 0.3) is 0 Å². The molecule has 0 saturated carbocycles. The second-order valence-electron chi connectivity index (χ2n) is 4.61. The van der Waals surface area contributed by atoms with Gasteiger partial charge in [-0.15, -0.1) is 0 Å². The summed E-state index contributed by atoms with van der Waals surface area (Å²) in [4.78, 5) is 12.2. The first-order valence-electron chi connectivity index (χ1n) is 6.14. The van der Waals surface area contributed by atoms with Gasteiger partial charge >= 0.3 is 0 Å². The van der Waals surface area contributed by atoms with Crippen LogP contribution in [-0.2, 0) is 7.05 Å². The van der Waals surface area contributed by atoms with Crippen molar-refractivity contribution < 1.29 is 9.53 Å². The molecule has 0 unspecified atom stereocenters. The van der Waals surface area contributed by atoms with E-state index >= 15 is 0 Å². The van der Waals surface area contributed by atoms with Crippen LogP contribution in [0.2, 0.25) is 10.0 Å². The zero-order chi connectivity index (χ0) is 14.9. The molecule has 1 aromatic heterocycles. The van der Waals surface area contributed by atoms with Crippen molar-refractivity contribution in [2.75, 3.05) is 6.61 Å². The van der Waals surface area contributed by atoms with Crippen LogP contribution in [0, 0.1) is 13.8 Å². The number of nitrogens with zero attached hydrogens (tertiary/aromatic N) is 1. The van der Waals surface area contributed by atoms with E-state index in [9.17, 15) is 4.79 Å². The number of hydrogen-bond acceptors (Lipinski definition) is 2. The van der Waals surface area contributed by atoms with E-state index in [1.54, 1.807) is 18.2 Å². The van der Waals surface area contributed by atoms with Gasteiger partial charge in [-0.05, 0) is 32.0 Å². The van der Waals surface area contributed by atoms with Crippen molar-refractivity contribution in [3.05, 3.63) is 51.3 Å². The Balaban J connectivity index is 2.15. The predicted octanol–water partition coefficient (Wildman–Crippen LogP) is 4.21. The molecule has 0 aliphatic carbocycles. The zero-order valence-electron chi connectivity index (χ0n) is 11.5. The number of hydrogen-bond donors (Lipinski definition) is 0. The van der Waals surface area contributed by atoms with Crippen LogP contribution in [0.5, 0.6) is 5.75 Å². The molecule has 0 N–H and O–H groups in total. The number of ketones is 1. The Morgan fingerprint density at radius 1 is 1.25 bits per heavy atom. The molecule has 3 nitrogen and oxygen atoms in total. The topological polar surface area (TPSA) is 31.2 Å². The number of benzene rings is 1. The number of carbonyl (C=O) groups excluding carboxylic acids is 1. The molecule has 0 amide bonds. The number of carbonyl (C=O) groups is 1. The lowest BCUT2D eigenvalue weighted by atomic mass is 10.1. The van der Waals surface area contributed by atoms with Crippen LogP contribution in [0.1, 0.15) is 21.7 Å². The minimum atomic E-state index is -0.0952. The Morgan fingerprint density at radius 2 is 1.85 bits per heavy atom. The van der Waals surface area contributed by atoms with Gasteiger partial charge in [0.15, 0.2) is 12.4 Å². The molecule has 0 bridgehead atoms. The van der Waals surface area contributed by atoms with Crippen LogP contribution in [0.4, 0.5) is 0 Å². The van der Waals surface area contributed by atoms with Gasteiger partial charge in [-0.3, -0.25) is 4.79 Å². The Labute approximate surface area is 128 Å². The smallest absolute Gasteiger partial charge is 0.202 e. The van der Waals surface area contributed by atoms with E-state index < -0.39 is 0 Å². The first-order chi connectivity index (χ1) is 9.41. The van der Waals surface area contributed by atoms with Crippen LogP contribution < -0.4 is 4.74 Å². The summed E-state index contributed by atoms with van der Waals surface area (Å²) in [5, 5.41) is 0.789. The van der Waals surface area contributed by atoms with E-state index in [-0.39, 0.29) is 12.4 Å². The lowest BCUT2D eigenvalue weighted by Crippen LogP contribution is -2.13. The van der Waals surface area contributed by atoms with E-state index in [0.29, 0.717) is 21.4 Å². The molecule has 0 radical (unpaired) electrons. The maximum atomic E-state index is 12.2. The van der Waals surface area contributed by atoms with Crippen LogP contribution >= 0.6 is 23.2 Å². The van der Waals surface area contributed by atoms with E-state index in [4.69, 9.17) is 27.9 Å². The molecule has 106 valence electrons. The van der Waals surface area contributed by atoms with Crippen LogP contribution in [0.3, 0.4) is 0 Å². The highest BCUT2D eigenvalue weighted by Crippen LogP contribution is 2.32. The fourth-order valence-corrected chi connectivity index (χ4v) is 2.48. The molecule has 1 aromatic carbocycles. The number of ether oxygens (including phenoxy) is 1. The highest BCUT2D eigenvalue weighted by atomic mass is 35.5. The van der Waals surface area contributed by atoms with Gasteiger partial charge in [0.1, 0.15) is 0 Å². The summed E-state index contributed by atoms with van der Waals surface area (Å²) in [6, 6.07) is 6.93. The van der Waals surface area contributed by atoms with Crippen LogP contribution in [0.15, 0.2) is 24.3 Å². The van der Waals surface area contributed by atoms with Crippen molar-refractivity contribution in [3.63, 3.8) is 0 Å². The summed E-state index contributed by atoms with van der Waals surface area (Å²) in [6.07, 6.45) is 0. The molecule has 0 saturated heterocycles. The second-order valence-corrected chi connectivity index (χ2v) is 5.42. The normalized spacial score (nSPS) is 10.7. The lowest BCUT2D eigenvalue weighted by molar-refractivity contribution is 0.0921. The zero-order valence-corrected chi connectivity index (χ0v) is 13.0. The van der Waals surface area contributed by atoms with Gasteiger partial charge < -0.3 is 9.30 Å². The number of Topliss-reactive ketones (excluding diaryl/α,β-unsaturated/α-hetero) is 1. The lowest BCUT2D eigenvalue weighted by Gasteiger charge is -2.09. The third-order valence-corrected chi connectivity index (χ3v) is 3.94. The summed E-state index contributed by atoms with van der Waals surface area (Å²) in [7, 11) is 1.92. The molecule has 0 aliphatic rings. The number of aromatic nitrogens is 1. The van der Waals surface area contributed by atoms with Gasteiger partial charge in [0, 0.05) is 24.0 Å². The molecule has 0 fully saturated rings. The van der Waals surface area contributed by atoms with E-state index in [1.807, 2.05) is 31.5 Å². The SMILES string of the molecule is Cc1cc(C(=O)COc2c(Cl)cccc2Cl)c(C)n1C. The molecule has 20 heavy (non-hydrogen) atoms. The third-order valence-electron chi connectivity index (χ3n) is 3.34. The fourth-order valence-electron chi connectivity index (χ4n) is 1.97. The predicted molar refractivity (Wildman–Crippen MR) is 81.2 cm³/mol. The molecule has 2 rings (SSSR count). The highest BCUT2D eigenvalue weighted by molar-refractivity contribution is 6.37. The molecule has 5 heteroatoms. The van der Waals surface area contributed by atoms with Gasteiger partial charge in [-0.25, -0.2) is 0 Å². The van der Waals surface area contributed by atoms with Crippen molar-refractivity contribution in [1.29, 1.82) is 0 Å². The minimum Gasteiger partial charge on any atom is -0.482 e. The molecule has 0 spiro atoms. The van der Waals surface area contributed by atoms with Gasteiger partial charge in [0.05, 0.1) is 10.0 Å². The molecular formula is C15H15Cl2NO2. The van der Waals surface area contributed by atoms with Gasteiger partial charge in [0.2, 0.25) is 5.78 Å². The summed E-state index contributed by atoms with van der Waals surface area (Å²) < 4.78 is 7.43.